The molecule has 0 radical (unpaired) electrons. The maximum atomic E-state index is 5.64. The van der Waals surface area contributed by atoms with Crippen LogP contribution in [0.2, 0.25) is 0 Å². The molecular weight excluding hydrogens is 229 g/mol. The topological polar surface area (TPSA) is 86.0 Å². The van der Waals surface area contributed by atoms with Crippen LogP contribution in [0.15, 0.2) is 52.9 Å². The first-order valence-corrected chi connectivity index (χ1v) is 5.04. The Bertz CT molecular complexity index is 601. The largest absolute Gasteiger partial charge is 0.870 e. The Hall–Kier alpha value is -2.11. The van der Waals surface area contributed by atoms with Crippen molar-refractivity contribution in [2.45, 2.75) is 0 Å². The van der Waals surface area contributed by atoms with Gasteiger partial charge in [0.05, 0.1) is 0 Å². The van der Waals surface area contributed by atoms with E-state index in [-0.39, 0.29) is 11.0 Å². The van der Waals surface area contributed by atoms with Crippen molar-refractivity contribution in [2.24, 2.45) is 0 Å². The molecule has 3 aromatic rings. The van der Waals surface area contributed by atoms with Gasteiger partial charge in [0.2, 0.25) is 0 Å². The van der Waals surface area contributed by atoms with Gasteiger partial charge in [0.1, 0.15) is 0 Å². The summed E-state index contributed by atoms with van der Waals surface area (Å²) in [7, 11) is 5.63. The third kappa shape index (κ3) is 2.42. The van der Waals surface area contributed by atoms with Crippen molar-refractivity contribution in [1.82, 2.24) is 4.98 Å². The van der Waals surface area contributed by atoms with Gasteiger partial charge in [-0.15, -0.1) is 0 Å². The van der Waals surface area contributed by atoms with Gasteiger partial charge in [-0.2, -0.15) is 0 Å². The summed E-state index contributed by atoms with van der Waals surface area (Å²) < 4.78 is 5.64. The van der Waals surface area contributed by atoms with Gasteiger partial charge in [0, 0.05) is 0 Å². The maximum Gasteiger partial charge on any atom is -0.870 e. The zero-order valence-electron chi connectivity index (χ0n) is 9.45. The number of benzene rings is 2. The van der Waals surface area contributed by atoms with Crippen LogP contribution in [0, 0.1) is 0 Å². The number of nitrogens with zero attached hydrogens (tertiary/aromatic N) is 1. The fourth-order valence-corrected chi connectivity index (χ4v) is 1.62. The Morgan fingerprint density at radius 3 is 2.22 bits per heavy atom. The summed E-state index contributed by atoms with van der Waals surface area (Å²) in [6.07, 6.45) is 0. The third-order valence-electron chi connectivity index (χ3n) is 2.45. The molecule has 0 atom stereocenters. The van der Waals surface area contributed by atoms with Crippen molar-refractivity contribution in [3.8, 4) is 11.5 Å². The van der Waals surface area contributed by atoms with Crippen LogP contribution in [0.25, 0.3) is 22.6 Å². The van der Waals surface area contributed by atoms with Crippen LogP contribution in [-0.4, -0.2) is 23.8 Å². The van der Waals surface area contributed by atoms with Gasteiger partial charge in [-0.05, 0) is 0 Å². The average Bonchev–Trinajstić information content (AvgIpc) is 2.73. The minimum Gasteiger partial charge on any atom is -0.870 e. The number of para-hydroxylation sites is 2. The smallest absolute Gasteiger partial charge is 0.870 e. The Labute approximate surface area is 105 Å². The molecule has 0 fully saturated rings. The van der Waals surface area contributed by atoms with E-state index in [4.69, 9.17) is 12.3 Å². The minimum absolute atomic E-state index is 0. The molecule has 0 saturated heterocycles. The monoisotopic (exact) mass is 239 g/mol. The van der Waals surface area contributed by atoms with Crippen LogP contribution in [0.3, 0.4) is 0 Å². The van der Waals surface area contributed by atoms with E-state index in [0.717, 1.165) is 22.1 Å². The molecule has 1 heterocycles. The predicted octanol–water partition coefficient (Wildman–Crippen LogP) is 1.93. The summed E-state index contributed by atoms with van der Waals surface area (Å²) in [6.45, 7) is 0. The van der Waals surface area contributed by atoms with Gasteiger partial charge >= 0.3 is 93.8 Å². The standard InChI is InChI=1S/C13H8BNO.2H2O/c14-10-7-5-9(6-8-10)13-15-11-3-1-2-4-12(11)16-13;;/h1-8H;2*1H2/q+2;;/p-2. The average molecular weight is 239 g/mol. The summed E-state index contributed by atoms with van der Waals surface area (Å²) in [5.74, 6) is 0.626. The van der Waals surface area contributed by atoms with E-state index in [1.807, 2.05) is 48.5 Å². The first-order valence-electron chi connectivity index (χ1n) is 5.04. The van der Waals surface area contributed by atoms with E-state index in [0.29, 0.717) is 5.89 Å². The van der Waals surface area contributed by atoms with Gasteiger partial charge in [0.15, 0.2) is 0 Å². The van der Waals surface area contributed by atoms with Gasteiger partial charge in [-0.3, -0.25) is 0 Å². The molecule has 2 aromatic carbocycles. The molecule has 0 aliphatic carbocycles. The van der Waals surface area contributed by atoms with Crippen LogP contribution in [0.4, 0.5) is 0 Å². The van der Waals surface area contributed by atoms with E-state index in [9.17, 15) is 0 Å². The summed E-state index contributed by atoms with van der Waals surface area (Å²) in [4.78, 5) is 4.41. The molecule has 0 aliphatic rings. The second-order valence-corrected chi connectivity index (χ2v) is 3.61. The normalized spacial score (nSPS) is 9.67. The fraction of sp³-hybridized carbons (Fsp3) is 0. The van der Waals surface area contributed by atoms with Crippen molar-refractivity contribution in [1.29, 1.82) is 0 Å². The number of hydrogen-bond acceptors (Lipinski definition) is 4. The molecule has 2 N–H and O–H groups in total. The van der Waals surface area contributed by atoms with Gasteiger partial charge in [0.25, 0.3) is 0 Å². The van der Waals surface area contributed by atoms with E-state index < -0.39 is 0 Å². The van der Waals surface area contributed by atoms with Crippen LogP contribution in [-0.2, 0) is 0 Å². The quantitative estimate of drug-likeness (QED) is 0.607. The van der Waals surface area contributed by atoms with E-state index in [1.54, 1.807) is 0 Å². The first kappa shape index (κ1) is 14.0. The predicted molar refractivity (Wildman–Crippen MR) is 68.7 cm³/mol. The van der Waals surface area contributed by atoms with Gasteiger partial charge < -0.3 is 11.0 Å². The summed E-state index contributed by atoms with van der Waals surface area (Å²) >= 11 is 0. The Morgan fingerprint density at radius 2 is 1.56 bits per heavy atom. The van der Waals surface area contributed by atoms with Crippen LogP contribution in [0.5, 0.6) is 0 Å². The second kappa shape index (κ2) is 5.49. The zero-order valence-corrected chi connectivity index (χ0v) is 9.45. The maximum absolute atomic E-state index is 5.64. The zero-order chi connectivity index (χ0) is 11.0. The SMILES string of the molecule is [B+2]c1ccc(-c2nc3ccccc3o2)cc1.[OH-].[OH-]. The van der Waals surface area contributed by atoms with E-state index in [1.165, 1.54) is 0 Å². The molecule has 1 aromatic heterocycles. The van der Waals surface area contributed by atoms with Crippen molar-refractivity contribution < 1.29 is 15.4 Å². The Balaban J connectivity index is 0.000000810. The molecule has 0 bridgehead atoms. The Morgan fingerprint density at radius 1 is 0.889 bits per heavy atom. The number of fused-ring (bicyclic) bond motifs is 1. The van der Waals surface area contributed by atoms with Crippen molar-refractivity contribution >= 4 is 24.4 Å². The van der Waals surface area contributed by atoms with Crippen molar-refractivity contribution in [2.75, 3.05) is 0 Å². The second-order valence-electron chi connectivity index (χ2n) is 3.61. The molecule has 0 saturated carbocycles. The third-order valence-corrected chi connectivity index (χ3v) is 2.45. The molecule has 88 valence electrons. The van der Waals surface area contributed by atoms with Gasteiger partial charge in [-0.25, -0.2) is 0 Å². The van der Waals surface area contributed by atoms with E-state index >= 15 is 0 Å². The number of rotatable bonds is 1. The Kier molecular flexibility index (Phi) is 4.25. The molecule has 18 heavy (non-hydrogen) atoms. The molecule has 0 unspecified atom stereocenters. The summed E-state index contributed by atoms with van der Waals surface area (Å²) in [6, 6.07) is 15.2. The molecule has 0 spiro atoms. The molecular formula is C13H10BNO3. The molecule has 3 rings (SSSR count). The van der Waals surface area contributed by atoms with Crippen LogP contribution in [0.1, 0.15) is 0 Å². The number of oxazole rings is 1. The molecule has 0 amide bonds. The summed E-state index contributed by atoms with van der Waals surface area (Å²) in [5, 5.41) is 0. The minimum atomic E-state index is 0. The molecule has 0 aliphatic heterocycles. The van der Waals surface area contributed by atoms with Gasteiger partial charge in [-0.1, -0.05) is 0 Å². The number of hydrogen-bond donors (Lipinski definition) is 0. The first-order chi connectivity index (χ1) is 7.83. The fourth-order valence-electron chi connectivity index (χ4n) is 1.62. The summed E-state index contributed by atoms with van der Waals surface area (Å²) in [5.41, 5.74) is 3.34. The van der Waals surface area contributed by atoms with E-state index in [2.05, 4.69) is 4.98 Å². The van der Waals surface area contributed by atoms with Crippen molar-refractivity contribution in [3.63, 3.8) is 0 Å². The van der Waals surface area contributed by atoms with Crippen LogP contribution < -0.4 is 5.46 Å². The van der Waals surface area contributed by atoms with Crippen molar-refractivity contribution in [3.05, 3.63) is 48.5 Å². The van der Waals surface area contributed by atoms with Crippen LogP contribution >= 0.6 is 0 Å². The molecule has 5 heteroatoms. The molecule has 4 nitrogen and oxygen atoms in total. The number of aromatic nitrogens is 1.